The largest absolute Gasteiger partial charge is 0.484 e. The number of rotatable bonds is 11. The zero-order valence-electron chi connectivity index (χ0n) is 20.5. The number of amides is 2. The Morgan fingerprint density at radius 2 is 1.57 bits per heavy atom. The summed E-state index contributed by atoms with van der Waals surface area (Å²) in [6.07, 6.45) is 0.350. The highest BCUT2D eigenvalue weighted by atomic mass is 19.1. The molecule has 1 N–H and O–H groups in total. The Labute approximate surface area is 206 Å². The molecule has 0 bridgehead atoms. The van der Waals surface area contributed by atoms with Crippen LogP contribution in [-0.4, -0.2) is 35.9 Å². The van der Waals surface area contributed by atoms with Gasteiger partial charge in [0.15, 0.2) is 6.61 Å². The molecule has 5 nitrogen and oxygen atoms in total. The van der Waals surface area contributed by atoms with E-state index >= 15 is 0 Å². The summed E-state index contributed by atoms with van der Waals surface area (Å²) in [4.78, 5) is 28.1. The third kappa shape index (κ3) is 7.67. The van der Waals surface area contributed by atoms with Crippen molar-refractivity contribution in [3.05, 3.63) is 101 Å². The molecule has 3 rings (SSSR count). The number of nitrogens with zero attached hydrogens (tertiary/aromatic N) is 1. The van der Waals surface area contributed by atoms with Gasteiger partial charge in [0.1, 0.15) is 17.6 Å². The van der Waals surface area contributed by atoms with Gasteiger partial charge in [0.25, 0.3) is 5.91 Å². The molecule has 0 aliphatic carbocycles. The second kappa shape index (κ2) is 12.7. The minimum atomic E-state index is -0.748. The molecular formula is C29H33FN2O3. The molecule has 0 spiro atoms. The molecule has 0 aromatic heterocycles. The maximum absolute atomic E-state index is 13.5. The Balaban J connectivity index is 1.85. The van der Waals surface area contributed by atoms with Crippen molar-refractivity contribution in [2.24, 2.45) is 0 Å². The first-order valence-electron chi connectivity index (χ1n) is 12.0. The van der Waals surface area contributed by atoms with Gasteiger partial charge in [0, 0.05) is 19.5 Å². The van der Waals surface area contributed by atoms with E-state index in [9.17, 15) is 14.0 Å². The van der Waals surface area contributed by atoms with Gasteiger partial charge in [0.2, 0.25) is 5.91 Å². The average molecular weight is 477 g/mol. The number of halogens is 1. The number of nitrogens with one attached hydrogen (secondary N) is 1. The van der Waals surface area contributed by atoms with E-state index in [4.69, 9.17) is 4.74 Å². The van der Waals surface area contributed by atoms with Gasteiger partial charge in [-0.2, -0.15) is 0 Å². The molecule has 1 atom stereocenters. The predicted octanol–water partition coefficient (Wildman–Crippen LogP) is 5.10. The highest BCUT2D eigenvalue weighted by Gasteiger charge is 2.30. The number of carbonyl (C=O) groups is 2. The van der Waals surface area contributed by atoms with Crippen LogP contribution in [0.2, 0.25) is 0 Å². The van der Waals surface area contributed by atoms with E-state index in [0.29, 0.717) is 24.6 Å². The Morgan fingerprint density at radius 1 is 0.914 bits per heavy atom. The molecule has 0 heterocycles. The van der Waals surface area contributed by atoms with Crippen molar-refractivity contribution in [2.45, 2.75) is 45.7 Å². The topological polar surface area (TPSA) is 58.6 Å². The fourth-order valence-corrected chi connectivity index (χ4v) is 3.81. The van der Waals surface area contributed by atoms with Gasteiger partial charge in [0.05, 0.1) is 0 Å². The minimum absolute atomic E-state index is 0.156. The lowest BCUT2D eigenvalue weighted by molar-refractivity contribution is -0.142. The molecule has 0 saturated carbocycles. The monoisotopic (exact) mass is 476 g/mol. The van der Waals surface area contributed by atoms with Crippen molar-refractivity contribution < 1.29 is 18.7 Å². The molecule has 6 heteroatoms. The molecule has 0 aliphatic heterocycles. The first-order valence-corrected chi connectivity index (χ1v) is 12.0. The van der Waals surface area contributed by atoms with Crippen LogP contribution in [0.1, 0.15) is 43.4 Å². The van der Waals surface area contributed by atoms with Gasteiger partial charge in [-0.3, -0.25) is 9.59 Å². The Morgan fingerprint density at radius 3 is 2.17 bits per heavy atom. The molecule has 1 unspecified atom stereocenters. The van der Waals surface area contributed by atoms with Crippen LogP contribution in [0.4, 0.5) is 4.39 Å². The first-order chi connectivity index (χ1) is 16.9. The van der Waals surface area contributed by atoms with Crippen LogP contribution in [0.15, 0.2) is 78.9 Å². The number of benzene rings is 3. The van der Waals surface area contributed by atoms with Crippen LogP contribution in [0.3, 0.4) is 0 Å². The van der Waals surface area contributed by atoms with Crippen LogP contribution in [-0.2, 0) is 22.6 Å². The van der Waals surface area contributed by atoms with Crippen LogP contribution >= 0.6 is 0 Å². The smallest absolute Gasteiger partial charge is 0.261 e. The van der Waals surface area contributed by atoms with E-state index in [1.807, 2.05) is 61.5 Å². The highest BCUT2D eigenvalue weighted by molar-refractivity contribution is 5.88. The van der Waals surface area contributed by atoms with E-state index in [1.54, 1.807) is 12.1 Å². The SMILES string of the molecule is CCNC(=O)C(Cc1ccccc1)N(Cc1ccc(F)cc1)C(=O)COc1ccc(C(C)C)cc1. The normalized spacial score (nSPS) is 11.7. The van der Waals surface area contributed by atoms with E-state index < -0.39 is 6.04 Å². The second-order valence-electron chi connectivity index (χ2n) is 8.76. The van der Waals surface area contributed by atoms with Crippen molar-refractivity contribution in [2.75, 3.05) is 13.2 Å². The zero-order valence-corrected chi connectivity index (χ0v) is 20.5. The summed E-state index contributed by atoms with van der Waals surface area (Å²) in [5, 5.41) is 2.85. The van der Waals surface area contributed by atoms with Gasteiger partial charge in [-0.1, -0.05) is 68.4 Å². The van der Waals surface area contributed by atoms with Crippen molar-refractivity contribution in [3.8, 4) is 5.75 Å². The quantitative estimate of drug-likeness (QED) is 0.419. The van der Waals surface area contributed by atoms with Gasteiger partial charge in [-0.15, -0.1) is 0 Å². The van der Waals surface area contributed by atoms with E-state index in [0.717, 1.165) is 11.1 Å². The summed E-state index contributed by atoms with van der Waals surface area (Å²) >= 11 is 0. The molecule has 2 amide bonds. The Hall–Kier alpha value is -3.67. The third-order valence-electron chi connectivity index (χ3n) is 5.80. The van der Waals surface area contributed by atoms with Gasteiger partial charge in [-0.05, 0) is 53.8 Å². The fraction of sp³-hybridized carbons (Fsp3) is 0.310. The molecule has 0 radical (unpaired) electrons. The maximum atomic E-state index is 13.5. The first kappa shape index (κ1) is 25.9. The summed E-state index contributed by atoms with van der Waals surface area (Å²) in [7, 11) is 0. The van der Waals surface area contributed by atoms with E-state index in [1.165, 1.54) is 22.6 Å². The molecule has 3 aromatic carbocycles. The molecular weight excluding hydrogens is 443 g/mol. The molecule has 0 aliphatic rings. The summed E-state index contributed by atoms with van der Waals surface area (Å²) < 4.78 is 19.3. The van der Waals surface area contributed by atoms with Gasteiger partial charge >= 0.3 is 0 Å². The Kier molecular flexibility index (Phi) is 9.41. The van der Waals surface area contributed by atoms with Crippen molar-refractivity contribution in [1.29, 1.82) is 0 Å². The number of hydrogen-bond donors (Lipinski definition) is 1. The van der Waals surface area contributed by atoms with Crippen LogP contribution < -0.4 is 10.1 Å². The lowest BCUT2D eigenvalue weighted by Gasteiger charge is -2.31. The molecule has 0 saturated heterocycles. The lowest BCUT2D eigenvalue weighted by atomic mass is 10.0. The summed E-state index contributed by atoms with van der Waals surface area (Å²) in [5.41, 5.74) is 2.84. The van der Waals surface area contributed by atoms with E-state index in [2.05, 4.69) is 19.2 Å². The highest BCUT2D eigenvalue weighted by Crippen LogP contribution is 2.20. The number of carbonyl (C=O) groups excluding carboxylic acids is 2. The van der Waals surface area contributed by atoms with Crippen LogP contribution in [0.25, 0.3) is 0 Å². The Bertz CT molecular complexity index is 1080. The van der Waals surface area contributed by atoms with Crippen LogP contribution in [0.5, 0.6) is 5.75 Å². The van der Waals surface area contributed by atoms with Crippen molar-refractivity contribution in [1.82, 2.24) is 10.2 Å². The average Bonchev–Trinajstić information content (AvgIpc) is 2.86. The number of ether oxygens (including phenoxy) is 1. The summed E-state index contributed by atoms with van der Waals surface area (Å²) in [5.74, 6) is 0.0571. The van der Waals surface area contributed by atoms with E-state index in [-0.39, 0.29) is 30.8 Å². The maximum Gasteiger partial charge on any atom is 0.261 e. The zero-order chi connectivity index (χ0) is 25.2. The molecule has 184 valence electrons. The van der Waals surface area contributed by atoms with Gasteiger partial charge in [-0.25, -0.2) is 4.39 Å². The second-order valence-corrected chi connectivity index (χ2v) is 8.76. The fourth-order valence-electron chi connectivity index (χ4n) is 3.81. The van der Waals surface area contributed by atoms with Crippen LogP contribution in [0, 0.1) is 5.82 Å². The van der Waals surface area contributed by atoms with Gasteiger partial charge < -0.3 is 15.0 Å². The number of hydrogen-bond acceptors (Lipinski definition) is 3. The summed E-state index contributed by atoms with van der Waals surface area (Å²) in [6, 6.07) is 22.4. The molecule has 35 heavy (non-hydrogen) atoms. The minimum Gasteiger partial charge on any atom is -0.484 e. The standard InChI is InChI=1S/C29H33FN2O3/c1-4-31-29(34)27(18-22-8-6-5-7-9-22)32(19-23-10-14-25(30)15-11-23)28(33)20-35-26-16-12-24(13-17-26)21(2)3/h5-17,21,27H,4,18-20H2,1-3H3,(H,31,34). The lowest BCUT2D eigenvalue weighted by Crippen LogP contribution is -2.51. The summed E-state index contributed by atoms with van der Waals surface area (Å²) in [6.45, 7) is 6.45. The number of likely N-dealkylation sites (N-methyl/N-ethyl adjacent to an activating group) is 1. The molecule has 0 fully saturated rings. The van der Waals surface area contributed by atoms with Crippen molar-refractivity contribution >= 4 is 11.8 Å². The predicted molar refractivity (Wildman–Crippen MR) is 136 cm³/mol. The third-order valence-corrected chi connectivity index (χ3v) is 5.80. The van der Waals surface area contributed by atoms with Crippen molar-refractivity contribution in [3.63, 3.8) is 0 Å². The molecule has 3 aromatic rings.